The molecule has 3 amide bonds. The van der Waals surface area contributed by atoms with Gasteiger partial charge >= 0.3 is 0 Å². The third-order valence-corrected chi connectivity index (χ3v) is 6.35. The third-order valence-electron chi connectivity index (χ3n) is 6.12. The first-order valence-electron chi connectivity index (χ1n) is 10.9. The number of halogens is 1. The second-order valence-corrected chi connectivity index (χ2v) is 8.82. The molecule has 0 radical (unpaired) electrons. The van der Waals surface area contributed by atoms with Gasteiger partial charge < -0.3 is 24.8 Å². The summed E-state index contributed by atoms with van der Waals surface area (Å²) >= 11 is 6.10. The first-order chi connectivity index (χ1) is 15.9. The molecule has 2 aromatic carbocycles. The van der Waals surface area contributed by atoms with E-state index in [4.69, 9.17) is 16.3 Å². The van der Waals surface area contributed by atoms with Gasteiger partial charge in [0.2, 0.25) is 11.8 Å². The van der Waals surface area contributed by atoms with E-state index in [1.54, 1.807) is 42.5 Å². The monoisotopic (exact) mass is 470 g/mol. The van der Waals surface area contributed by atoms with E-state index in [1.807, 2.05) is 11.9 Å². The maximum Gasteiger partial charge on any atom is 0.253 e. The minimum Gasteiger partial charge on any atom is -0.495 e. The van der Waals surface area contributed by atoms with E-state index < -0.39 is 5.92 Å². The summed E-state index contributed by atoms with van der Waals surface area (Å²) in [5.41, 5.74) is 1.73. The Balaban J connectivity index is 1.38. The molecule has 0 spiro atoms. The van der Waals surface area contributed by atoms with E-state index in [9.17, 15) is 14.4 Å². The van der Waals surface area contributed by atoms with Gasteiger partial charge in [-0.15, -0.1) is 0 Å². The minimum atomic E-state index is -0.507. The summed E-state index contributed by atoms with van der Waals surface area (Å²) in [7, 11) is 3.57. The van der Waals surface area contributed by atoms with Gasteiger partial charge in [-0.25, -0.2) is 0 Å². The highest BCUT2D eigenvalue weighted by Crippen LogP contribution is 2.35. The van der Waals surface area contributed by atoms with Crippen LogP contribution in [0.5, 0.6) is 5.75 Å². The van der Waals surface area contributed by atoms with Crippen molar-refractivity contribution in [3.8, 4) is 5.75 Å². The summed E-state index contributed by atoms with van der Waals surface area (Å²) in [6.45, 7) is 3.37. The molecular formula is C24H27ClN4O4. The van der Waals surface area contributed by atoms with Crippen LogP contribution >= 0.6 is 11.6 Å². The van der Waals surface area contributed by atoms with Crippen LogP contribution in [0.15, 0.2) is 42.5 Å². The van der Waals surface area contributed by atoms with Crippen molar-refractivity contribution in [1.29, 1.82) is 0 Å². The topological polar surface area (TPSA) is 82.2 Å². The van der Waals surface area contributed by atoms with E-state index >= 15 is 0 Å². The highest BCUT2D eigenvalue weighted by Gasteiger charge is 2.36. The molecule has 174 valence electrons. The Morgan fingerprint density at radius 1 is 1.06 bits per heavy atom. The molecule has 4 rings (SSSR count). The number of rotatable bonds is 5. The first kappa shape index (κ1) is 23.1. The summed E-state index contributed by atoms with van der Waals surface area (Å²) in [6.07, 6.45) is 0.0987. The molecule has 2 aromatic rings. The van der Waals surface area contributed by atoms with Crippen molar-refractivity contribution in [2.24, 2.45) is 5.92 Å². The Kier molecular flexibility index (Phi) is 6.85. The molecule has 2 heterocycles. The van der Waals surface area contributed by atoms with Gasteiger partial charge in [-0.3, -0.25) is 14.4 Å². The largest absolute Gasteiger partial charge is 0.495 e. The number of ether oxygens (including phenoxy) is 1. The molecule has 9 heteroatoms. The normalized spacial score (nSPS) is 19.0. The summed E-state index contributed by atoms with van der Waals surface area (Å²) in [5, 5.41) is 3.35. The van der Waals surface area contributed by atoms with Gasteiger partial charge in [-0.2, -0.15) is 0 Å². The average molecular weight is 471 g/mol. The third kappa shape index (κ3) is 5.12. The van der Waals surface area contributed by atoms with Gasteiger partial charge in [0.05, 0.1) is 18.7 Å². The van der Waals surface area contributed by atoms with Crippen molar-refractivity contribution in [3.05, 3.63) is 53.1 Å². The van der Waals surface area contributed by atoms with Crippen molar-refractivity contribution in [1.82, 2.24) is 9.80 Å². The standard InChI is InChI=1S/C24H27ClN4O4/c1-27-9-11-28(12-10-27)24(32)16-3-6-19(7-4-16)26-23(31)17-13-22(30)29(15-17)20-14-18(25)5-8-21(20)33-2/h3-8,14,17H,9-13,15H2,1-2H3,(H,26,31). The van der Waals surface area contributed by atoms with Gasteiger partial charge in [0.1, 0.15) is 5.75 Å². The molecule has 2 aliphatic heterocycles. The fourth-order valence-electron chi connectivity index (χ4n) is 4.12. The van der Waals surface area contributed by atoms with Crippen LogP contribution in [0, 0.1) is 5.92 Å². The Morgan fingerprint density at radius 2 is 1.76 bits per heavy atom. The molecule has 2 saturated heterocycles. The number of carbonyl (C=O) groups excluding carboxylic acids is 3. The number of nitrogens with zero attached hydrogens (tertiary/aromatic N) is 3. The fraction of sp³-hybridized carbons (Fsp3) is 0.375. The molecule has 2 fully saturated rings. The maximum atomic E-state index is 12.8. The molecule has 0 saturated carbocycles. The lowest BCUT2D eigenvalue weighted by Crippen LogP contribution is -2.47. The van der Waals surface area contributed by atoms with Crippen molar-refractivity contribution in [3.63, 3.8) is 0 Å². The summed E-state index contributed by atoms with van der Waals surface area (Å²) in [4.78, 5) is 43.7. The van der Waals surface area contributed by atoms with E-state index in [1.165, 1.54) is 12.0 Å². The van der Waals surface area contributed by atoms with Gasteiger partial charge in [0.25, 0.3) is 5.91 Å². The number of benzene rings is 2. The number of carbonyl (C=O) groups is 3. The van der Waals surface area contributed by atoms with Crippen LogP contribution in [-0.2, 0) is 9.59 Å². The molecule has 1 unspecified atom stereocenters. The van der Waals surface area contributed by atoms with Gasteiger partial charge in [-0.05, 0) is 49.5 Å². The highest BCUT2D eigenvalue weighted by molar-refractivity contribution is 6.31. The highest BCUT2D eigenvalue weighted by atomic mass is 35.5. The number of hydrogen-bond acceptors (Lipinski definition) is 5. The minimum absolute atomic E-state index is 0.00604. The van der Waals surface area contributed by atoms with E-state index in [0.29, 0.717) is 40.8 Å². The quantitative estimate of drug-likeness (QED) is 0.726. The summed E-state index contributed by atoms with van der Waals surface area (Å²) < 4.78 is 5.35. The van der Waals surface area contributed by atoms with Crippen molar-refractivity contribution in [2.45, 2.75) is 6.42 Å². The molecule has 0 bridgehead atoms. The number of amides is 3. The lowest BCUT2D eigenvalue weighted by Gasteiger charge is -2.32. The Hall–Kier alpha value is -3.10. The zero-order chi connectivity index (χ0) is 23.5. The number of hydrogen-bond donors (Lipinski definition) is 1. The lowest BCUT2D eigenvalue weighted by atomic mass is 10.1. The number of likely N-dealkylation sites (N-methyl/N-ethyl adjacent to an activating group) is 1. The van der Waals surface area contributed by atoms with Gasteiger partial charge in [0, 0.05) is 55.4 Å². The van der Waals surface area contributed by atoms with Crippen molar-refractivity contribution >= 4 is 40.7 Å². The maximum absolute atomic E-state index is 12.8. The van der Waals surface area contributed by atoms with Crippen molar-refractivity contribution in [2.75, 3.05) is 57.1 Å². The van der Waals surface area contributed by atoms with Crippen LogP contribution in [0.2, 0.25) is 5.02 Å². The van der Waals surface area contributed by atoms with E-state index in [0.717, 1.165) is 13.1 Å². The number of methoxy groups -OCH3 is 1. The number of anilines is 2. The fourth-order valence-corrected chi connectivity index (χ4v) is 4.29. The molecule has 0 aliphatic carbocycles. The number of piperazine rings is 1. The van der Waals surface area contributed by atoms with Crippen LogP contribution in [0.25, 0.3) is 0 Å². The first-order valence-corrected chi connectivity index (χ1v) is 11.3. The Morgan fingerprint density at radius 3 is 2.42 bits per heavy atom. The Labute approximate surface area is 198 Å². The van der Waals surface area contributed by atoms with Gasteiger partial charge in [-0.1, -0.05) is 11.6 Å². The smallest absolute Gasteiger partial charge is 0.253 e. The summed E-state index contributed by atoms with van der Waals surface area (Å²) in [6, 6.07) is 11.9. The predicted octanol–water partition coefficient (Wildman–Crippen LogP) is 2.73. The molecule has 8 nitrogen and oxygen atoms in total. The van der Waals surface area contributed by atoms with Crippen LogP contribution in [-0.4, -0.2) is 74.4 Å². The molecule has 1 N–H and O–H groups in total. The zero-order valence-electron chi connectivity index (χ0n) is 18.7. The van der Waals surface area contributed by atoms with Gasteiger partial charge in [0.15, 0.2) is 0 Å². The lowest BCUT2D eigenvalue weighted by molar-refractivity contribution is -0.122. The molecule has 2 aliphatic rings. The number of nitrogens with one attached hydrogen (secondary N) is 1. The molecular weight excluding hydrogens is 444 g/mol. The van der Waals surface area contributed by atoms with Crippen LogP contribution < -0.4 is 15.0 Å². The van der Waals surface area contributed by atoms with Crippen LogP contribution in [0.1, 0.15) is 16.8 Å². The van der Waals surface area contributed by atoms with Crippen LogP contribution in [0.3, 0.4) is 0 Å². The molecule has 0 aromatic heterocycles. The molecule has 33 heavy (non-hydrogen) atoms. The zero-order valence-corrected chi connectivity index (χ0v) is 19.5. The second-order valence-electron chi connectivity index (χ2n) is 8.38. The van der Waals surface area contributed by atoms with Crippen LogP contribution in [0.4, 0.5) is 11.4 Å². The SMILES string of the molecule is COc1ccc(Cl)cc1N1CC(C(=O)Nc2ccc(C(=O)N3CCN(C)CC3)cc2)CC1=O. The van der Waals surface area contributed by atoms with E-state index in [2.05, 4.69) is 10.2 Å². The second kappa shape index (κ2) is 9.80. The molecule has 1 atom stereocenters. The summed E-state index contributed by atoms with van der Waals surface area (Å²) in [5.74, 6) is -0.399. The predicted molar refractivity (Wildman–Crippen MR) is 127 cm³/mol. The van der Waals surface area contributed by atoms with E-state index in [-0.39, 0.29) is 30.7 Å². The average Bonchev–Trinajstić information content (AvgIpc) is 3.21. The van der Waals surface area contributed by atoms with Crippen molar-refractivity contribution < 1.29 is 19.1 Å². The Bertz CT molecular complexity index is 1050.